The SMILES string of the molecule is N#CCCOC(=O)C(O)=Cc1ccccc1. The molecule has 1 aromatic carbocycles. The van der Waals surface area contributed by atoms with Crippen molar-refractivity contribution in [1.29, 1.82) is 5.26 Å². The van der Waals surface area contributed by atoms with Crippen LogP contribution >= 0.6 is 0 Å². The Morgan fingerprint density at radius 2 is 2.12 bits per heavy atom. The van der Waals surface area contributed by atoms with Gasteiger partial charge < -0.3 is 9.84 Å². The number of aliphatic hydroxyl groups excluding tert-OH is 1. The summed E-state index contributed by atoms with van der Waals surface area (Å²) >= 11 is 0. The van der Waals surface area contributed by atoms with Gasteiger partial charge in [0.2, 0.25) is 5.76 Å². The van der Waals surface area contributed by atoms with Crippen LogP contribution in [0.5, 0.6) is 0 Å². The largest absolute Gasteiger partial charge is 0.502 e. The Balaban J connectivity index is 2.57. The van der Waals surface area contributed by atoms with Gasteiger partial charge in [0.05, 0.1) is 12.5 Å². The lowest BCUT2D eigenvalue weighted by Gasteiger charge is -2.01. The molecule has 0 spiro atoms. The Morgan fingerprint density at radius 3 is 2.75 bits per heavy atom. The lowest BCUT2D eigenvalue weighted by molar-refractivity contribution is -0.141. The van der Waals surface area contributed by atoms with Crippen molar-refractivity contribution in [2.75, 3.05) is 6.61 Å². The number of aliphatic hydroxyl groups is 1. The first-order chi connectivity index (χ1) is 7.74. The summed E-state index contributed by atoms with van der Waals surface area (Å²) in [6.45, 7) is -0.0119. The number of benzene rings is 1. The molecule has 0 fully saturated rings. The first-order valence-electron chi connectivity index (χ1n) is 4.74. The number of hydrogen-bond acceptors (Lipinski definition) is 4. The fourth-order valence-electron chi connectivity index (χ4n) is 1.03. The molecule has 82 valence electrons. The standard InChI is InChI=1S/C12H11NO3/c13-7-4-8-16-12(15)11(14)9-10-5-2-1-3-6-10/h1-3,5-6,9,14H,4,8H2. The topological polar surface area (TPSA) is 70.3 Å². The number of carbonyl (C=O) groups is 1. The van der Waals surface area contributed by atoms with Crippen LogP contribution < -0.4 is 0 Å². The molecule has 16 heavy (non-hydrogen) atoms. The molecule has 0 heterocycles. The zero-order valence-corrected chi connectivity index (χ0v) is 8.59. The van der Waals surface area contributed by atoms with E-state index in [1.807, 2.05) is 12.1 Å². The number of nitriles is 1. The van der Waals surface area contributed by atoms with E-state index in [1.54, 1.807) is 24.3 Å². The molecule has 0 aliphatic rings. The predicted octanol–water partition coefficient (Wildman–Crippen LogP) is 2.04. The highest BCUT2D eigenvalue weighted by Gasteiger charge is 2.08. The van der Waals surface area contributed by atoms with Gasteiger partial charge in [-0.15, -0.1) is 0 Å². The van der Waals surface area contributed by atoms with Crippen molar-refractivity contribution in [2.24, 2.45) is 0 Å². The van der Waals surface area contributed by atoms with Crippen LogP contribution in [0.25, 0.3) is 6.08 Å². The van der Waals surface area contributed by atoms with Crippen LogP contribution in [0.2, 0.25) is 0 Å². The Kier molecular flexibility index (Phi) is 4.61. The van der Waals surface area contributed by atoms with Crippen LogP contribution in [-0.4, -0.2) is 17.7 Å². The summed E-state index contributed by atoms with van der Waals surface area (Å²) < 4.78 is 4.64. The summed E-state index contributed by atoms with van der Waals surface area (Å²) in [5.41, 5.74) is 0.706. The van der Waals surface area contributed by atoms with Crippen LogP contribution in [0, 0.1) is 11.3 Å². The quantitative estimate of drug-likeness (QED) is 0.362. The summed E-state index contributed by atoms with van der Waals surface area (Å²) in [5, 5.41) is 17.6. The molecule has 0 aliphatic heterocycles. The van der Waals surface area contributed by atoms with E-state index in [4.69, 9.17) is 5.26 Å². The maximum Gasteiger partial charge on any atom is 0.373 e. The van der Waals surface area contributed by atoms with E-state index < -0.39 is 11.7 Å². The van der Waals surface area contributed by atoms with E-state index in [1.165, 1.54) is 6.08 Å². The summed E-state index contributed by atoms with van der Waals surface area (Å²) in [4.78, 5) is 11.2. The minimum absolute atomic E-state index is 0.0119. The number of ether oxygens (including phenoxy) is 1. The van der Waals surface area contributed by atoms with E-state index in [2.05, 4.69) is 4.74 Å². The van der Waals surface area contributed by atoms with Gasteiger partial charge in [0.1, 0.15) is 6.61 Å². The lowest BCUT2D eigenvalue weighted by Crippen LogP contribution is -2.08. The van der Waals surface area contributed by atoms with Gasteiger partial charge >= 0.3 is 5.97 Å². The third-order valence-corrected chi connectivity index (χ3v) is 1.76. The van der Waals surface area contributed by atoms with Crippen molar-refractivity contribution in [3.8, 4) is 6.07 Å². The first-order valence-corrected chi connectivity index (χ1v) is 4.74. The van der Waals surface area contributed by atoms with E-state index in [9.17, 15) is 9.90 Å². The molecule has 1 aromatic rings. The number of carbonyl (C=O) groups excluding carboxylic acids is 1. The van der Waals surface area contributed by atoms with Crippen molar-refractivity contribution in [3.63, 3.8) is 0 Å². The molecular formula is C12H11NO3. The molecule has 0 aromatic heterocycles. The highest BCUT2D eigenvalue weighted by molar-refractivity contribution is 5.90. The van der Waals surface area contributed by atoms with Crippen molar-refractivity contribution in [1.82, 2.24) is 0 Å². The molecule has 0 amide bonds. The maximum absolute atomic E-state index is 11.2. The highest BCUT2D eigenvalue weighted by atomic mass is 16.5. The molecule has 0 bridgehead atoms. The second-order valence-corrected chi connectivity index (χ2v) is 2.98. The van der Waals surface area contributed by atoms with Crippen LogP contribution in [0.1, 0.15) is 12.0 Å². The second kappa shape index (κ2) is 6.25. The van der Waals surface area contributed by atoms with Crippen molar-refractivity contribution >= 4 is 12.0 Å². The zero-order chi connectivity index (χ0) is 11.8. The second-order valence-electron chi connectivity index (χ2n) is 2.98. The third-order valence-electron chi connectivity index (χ3n) is 1.76. The molecule has 4 heteroatoms. The number of rotatable bonds is 4. The molecule has 0 radical (unpaired) electrons. The molecule has 0 saturated carbocycles. The highest BCUT2D eigenvalue weighted by Crippen LogP contribution is 2.05. The number of esters is 1. The van der Waals surface area contributed by atoms with Gasteiger partial charge in [-0.05, 0) is 11.6 Å². The normalized spacial score (nSPS) is 10.6. The van der Waals surface area contributed by atoms with Crippen LogP contribution in [0.15, 0.2) is 36.1 Å². The average molecular weight is 217 g/mol. The Hall–Kier alpha value is -2.28. The zero-order valence-electron chi connectivity index (χ0n) is 8.59. The van der Waals surface area contributed by atoms with Gasteiger partial charge in [0.25, 0.3) is 0 Å². The predicted molar refractivity (Wildman–Crippen MR) is 58.2 cm³/mol. The summed E-state index contributed by atoms with van der Waals surface area (Å²) in [7, 11) is 0. The molecule has 4 nitrogen and oxygen atoms in total. The minimum Gasteiger partial charge on any atom is -0.502 e. The smallest absolute Gasteiger partial charge is 0.373 e. The van der Waals surface area contributed by atoms with E-state index in [0.717, 1.165) is 0 Å². The van der Waals surface area contributed by atoms with Crippen molar-refractivity contribution < 1.29 is 14.6 Å². The fraction of sp³-hybridized carbons (Fsp3) is 0.167. The van der Waals surface area contributed by atoms with Crippen LogP contribution in [0.4, 0.5) is 0 Å². The van der Waals surface area contributed by atoms with Gasteiger partial charge in [0, 0.05) is 0 Å². The Morgan fingerprint density at radius 1 is 1.44 bits per heavy atom. The molecule has 0 unspecified atom stereocenters. The van der Waals surface area contributed by atoms with Gasteiger partial charge in [-0.1, -0.05) is 30.3 Å². The molecule has 0 saturated heterocycles. The third kappa shape index (κ3) is 3.84. The maximum atomic E-state index is 11.2. The van der Waals surface area contributed by atoms with Crippen molar-refractivity contribution in [2.45, 2.75) is 6.42 Å². The van der Waals surface area contributed by atoms with Crippen molar-refractivity contribution in [3.05, 3.63) is 41.7 Å². The van der Waals surface area contributed by atoms with Crippen LogP contribution in [0.3, 0.4) is 0 Å². The van der Waals surface area contributed by atoms with Gasteiger partial charge in [-0.25, -0.2) is 4.79 Å². The van der Waals surface area contributed by atoms with Crippen LogP contribution in [-0.2, 0) is 9.53 Å². The number of hydrogen-bond donors (Lipinski definition) is 1. The molecule has 0 aliphatic carbocycles. The lowest BCUT2D eigenvalue weighted by atomic mass is 10.2. The minimum atomic E-state index is -0.820. The molecule has 1 rings (SSSR count). The molecule has 0 atom stereocenters. The van der Waals surface area contributed by atoms with E-state index in [-0.39, 0.29) is 13.0 Å². The monoisotopic (exact) mass is 217 g/mol. The first kappa shape index (κ1) is 11.8. The Labute approximate surface area is 93.4 Å². The van der Waals surface area contributed by atoms with Gasteiger partial charge in [-0.3, -0.25) is 0 Å². The summed E-state index contributed by atoms with van der Waals surface area (Å²) in [6, 6.07) is 10.7. The molecule has 1 N–H and O–H groups in total. The molecular weight excluding hydrogens is 206 g/mol. The summed E-state index contributed by atoms with van der Waals surface area (Å²) in [6.07, 6.45) is 1.43. The van der Waals surface area contributed by atoms with E-state index in [0.29, 0.717) is 5.56 Å². The van der Waals surface area contributed by atoms with E-state index >= 15 is 0 Å². The van der Waals surface area contributed by atoms with Gasteiger partial charge in [-0.2, -0.15) is 5.26 Å². The fourth-order valence-corrected chi connectivity index (χ4v) is 1.03. The number of nitrogens with zero attached hydrogens (tertiary/aromatic N) is 1. The summed E-state index contributed by atoms with van der Waals surface area (Å²) in [5.74, 6) is -1.29. The average Bonchev–Trinajstić information content (AvgIpc) is 2.30. The Bertz CT molecular complexity index is 418. The van der Waals surface area contributed by atoms with Gasteiger partial charge in [0.15, 0.2) is 0 Å².